The van der Waals surface area contributed by atoms with Crippen molar-refractivity contribution in [1.82, 2.24) is 5.32 Å². The second-order valence-corrected chi connectivity index (χ2v) is 6.46. The predicted octanol–water partition coefficient (Wildman–Crippen LogP) is 2.08. The molecule has 2 fully saturated rings. The molecule has 0 aromatic rings. The average Bonchev–Trinajstić information content (AvgIpc) is 3.21. The minimum atomic E-state index is 0.285. The Labute approximate surface area is 123 Å². The first kappa shape index (κ1) is 16.2. The number of hydrogen-bond acceptors (Lipinski definition) is 4. The van der Waals surface area contributed by atoms with Crippen molar-refractivity contribution < 1.29 is 14.2 Å². The van der Waals surface area contributed by atoms with Gasteiger partial charge >= 0.3 is 0 Å². The van der Waals surface area contributed by atoms with E-state index in [9.17, 15) is 0 Å². The first-order chi connectivity index (χ1) is 9.74. The van der Waals surface area contributed by atoms with E-state index in [1.165, 1.54) is 19.3 Å². The minimum absolute atomic E-state index is 0.285. The van der Waals surface area contributed by atoms with Crippen molar-refractivity contribution in [1.29, 1.82) is 0 Å². The molecule has 1 N–H and O–H groups in total. The van der Waals surface area contributed by atoms with E-state index in [0.29, 0.717) is 12.0 Å². The number of methoxy groups -OCH3 is 2. The molecule has 1 saturated heterocycles. The first-order valence-corrected chi connectivity index (χ1v) is 8.05. The molecule has 1 aliphatic heterocycles. The third kappa shape index (κ3) is 3.73. The molecule has 0 amide bonds. The summed E-state index contributed by atoms with van der Waals surface area (Å²) in [6, 6.07) is 0. The van der Waals surface area contributed by atoms with Gasteiger partial charge in [-0.2, -0.15) is 0 Å². The van der Waals surface area contributed by atoms with E-state index in [-0.39, 0.29) is 5.41 Å². The second kappa shape index (κ2) is 7.74. The van der Waals surface area contributed by atoms with Crippen LogP contribution in [0.2, 0.25) is 0 Å². The Morgan fingerprint density at radius 2 is 2.00 bits per heavy atom. The summed E-state index contributed by atoms with van der Waals surface area (Å²) in [5.74, 6) is 1.43. The maximum atomic E-state index is 6.14. The van der Waals surface area contributed by atoms with E-state index in [2.05, 4.69) is 12.2 Å². The van der Waals surface area contributed by atoms with E-state index in [1.807, 2.05) is 0 Å². The van der Waals surface area contributed by atoms with Crippen LogP contribution in [0.15, 0.2) is 0 Å². The van der Waals surface area contributed by atoms with Crippen molar-refractivity contribution in [2.24, 2.45) is 17.3 Å². The Bertz CT molecular complexity index is 283. The lowest BCUT2D eigenvalue weighted by Gasteiger charge is -2.40. The van der Waals surface area contributed by atoms with Crippen LogP contribution in [0, 0.1) is 17.3 Å². The van der Waals surface area contributed by atoms with Crippen molar-refractivity contribution in [3.63, 3.8) is 0 Å². The highest BCUT2D eigenvalue weighted by Crippen LogP contribution is 2.51. The summed E-state index contributed by atoms with van der Waals surface area (Å²) in [7, 11) is 3.55. The summed E-state index contributed by atoms with van der Waals surface area (Å²) in [4.78, 5) is 0. The highest BCUT2D eigenvalue weighted by Gasteiger charge is 2.53. The van der Waals surface area contributed by atoms with Crippen molar-refractivity contribution >= 4 is 0 Å². The quantitative estimate of drug-likeness (QED) is 0.624. The molecule has 20 heavy (non-hydrogen) atoms. The topological polar surface area (TPSA) is 39.7 Å². The van der Waals surface area contributed by atoms with Gasteiger partial charge in [-0.3, -0.25) is 0 Å². The molecule has 0 aromatic carbocycles. The lowest BCUT2D eigenvalue weighted by molar-refractivity contribution is -0.00479. The number of rotatable bonds is 10. The molecule has 2 aliphatic rings. The lowest BCUT2D eigenvalue weighted by atomic mass is 9.68. The third-order valence-corrected chi connectivity index (χ3v) is 5.16. The minimum Gasteiger partial charge on any atom is -0.385 e. The van der Waals surface area contributed by atoms with Crippen molar-refractivity contribution in [3.8, 4) is 0 Å². The Morgan fingerprint density at radius 1 is 1.25 bits per heavy atom. The van der Waals surface area contributed by atoms with Gasteiger partial charge in [-0.25, -0.2) is 0 Å². The van der Waals surface area contributed by atoms with Crippen LogP contribution >= 0.6 is 0 Å². The maximum Gasteiger partial charge on any atom is 0.0674 e. The van der Waals surface area contributed by atoms with Gasteiger partial charge in [0.25, 0.3) is 0 Å². The van der Waals surface area contributed by atoms with Crippen LogP contribution in [0.1, 0.15) is 32.6 Å². The summed E-state index contributed by atoms with van der Waals surface area (Å²) >= 11 is 0. The molecular weight excluding hydrogens is 254 g/mol. The van der Waals surface area contributed by atoms with Crippen LogP contribution in [0.3, 0.4) is 0 Å². The molecule has 118 valence electrons. The van der Waals surface area contributed by atoms with Crippen LogP contribution in [0.25, 0.3) is 0 Å². The smallest absolute Gasteiger partial charge is 0.0674 e. The average molecular weight is 285 g/mol. The Balaban J connectivity index is 1.97. The van der Waals surface area contributed by atoms with E-state index in [4.69, 9.17) is 14.2 Å². The molecule has 0 bridgehead atoms. The van der Waals surface area contributed by atoms with Crippen LogP contribution in [0.4, 0.5) is 0 Å². The summed E-state index contributed by atoms with van der Waals surface area (Å²) < 4.78 is 16.6. The van der Waals surface area contributed by atoms with Gasteiger partial charge in [0.05, 0.1) is 12.7 Å². The van der Waals surface area contributed by atoms with E-state index in [0.717, 1.165) is 45.2 Å². The molecule has 1 saturated carbocycles. The molecule has 4 heteroatoms. The van der Waals surface area contributed by atoms with Crippen LogP contribution in [-0.4, -0.2) is 53.2 Å². The zero-order valence-corrected chi connectivity index (χ0v) is 13.3. The summed E-state index contributed by atoms with van der Waals surface area (Å²) in [5, 5.41) is 3.59. The van der Waals surface area contributed by atoms with Gasteiger partial charge in [0.1, 0.15) is 0 Å². The lowest BCUT2D eigenvalue weighted by Crippen LogP contribution is -2.47. The monoisotopic (exact) mass is 285 g/mol. The van der Waals surface area contributed by atoms with Crippen LogP contribution in [-0.2, 0) is 14.2 Å². The summed E-state index contributed by atoms with van der Waals surface area (Å²) in [5.41, 5.74) is 0.285. The third-order valence-electron chi connectivity index (χ3n) is 5.16. The van der Waals surface area contributed by atoms with Gasteiger partial charge in [-0.1, -0.05) is 6.92 Å². The zero-order chi connectivity index (χ0) is 14.4. The molecule has 1 heterocycles. The highest BCUT2D eigenvalue weighted by molar-refractivity contribution is 5.02. The summed E-state index contributed by atoms with van der Waals surface area (Å²) in [6.07, 6.45) is 5.45. The van der Waals surface area contributed by atoms with Crippen molar-refractivity contribution in [2.75, 3.05) is 47.1 Å². The molecule has 1 aliphatic carbocycles. The van der Waals surface area contributed by atoms with Gasteiger partial charge in [-0.05, 0) is 37.5 Å². The normalized spacial score (nSPS) is 31.6. The van der Waals surface area contributed by atoms with E-state index in [1.54, 1.807) is 14.2 Å². The standard InChI is InChI=1S/C16H31NO3/c1-13(6-9-18-2)16(12-17-8-11-19-3)7-10-20-15(16)14-4-5-14/h13-15,17H,4-12H2,1-3H3. The number of ether oxygens (including phenoxy) is 3. The maximum absolute atomic E-state index is 6.14. The van der Waals surface area contributed by atoms with Gasteiger partial charge in [-0.15, -0.1) is 0 Å². The Kier molecular flexibility index (Phi) is 6.27. The van der Waals surface area contributed by atoms with Gasteiger partial charge < -0.3 is 19.5 Å². The fraction of sp³-hybridized carbons (Fsp3) is 1.00. The molecule has 4 nitrogen and oxygen atoms in total. The highest BCUT2D eigenvalue weighted by atomic mass is 16.5. The molecule has 0 aromatic heterocycles. The molecule has 0 spiro atoms. The molecule has 2 rings (SSSR count). The van der Waals surface area contributed by atoms with Crippen LogP contribution < -0.4 is 5.32 Å². The molecule has 3 atom stereocenters. The SMILES string of the molecule is COCCNCC1(C(C)CCOC)CCOC1C1CC1. The molecule has 3 unspecified atom stereocenters. The fourth-order valence-electron chi connectivity index (χ4n) is 3.66. The summed E-state index contributed by atoms with van der Waals surface area (Å²) in [6.45, 7) is 6.89. The molecule has 0 radical (unpaired) electrons. The Morgan fingerprint density at radius 3 is 2.65 bits per heavy atom. The zero-order valence-electron chi connectivity index (χ0n) is 13.3. The molecular formula is C16H31NO3. The van der Waals surface area contributed by atoms with Crippen molar-refractivity contribution in [2.45, 2.75) is 38.7 Å². The second-order valence-electron chi connectivity index (χ2n) is 6.46. The number of hydrogen-bond donors (Lipinski definition) is 1. The van der Waals surface area contributed by atoms with Crippen molar-refractivity contribution in [3.05, 3.63) is 0 Å². The predicted molar refractivity (Wildman–Crippen MR) is 79.9 cm³/mol. The first-order valence-electron chi connectivity index (χ1n) is 8.05. The van der Waals surface area contributed by atoms with E-state index >= 15 is 0 Å². The van der Waals surface area contributed by atoms with E-state index < -0.39 is 0 Å². The largest absolute Gasteiger partial charge is 0.385 e. The van der Waals surface area contributed by atoms with Gasteiger partial charge in [0, 0.05) is 45.9 Å². The number of nitrogens with one attached hydrogen (secondary N) is 1. The fourth-order valence-corrected chi connectivity index (χ4v) is 3.66. The Hall–Kier alpha value is -0.160. The van der Waals surface area contributed by atoms with Crippen LogP contribution in [0.5, 0.6) is 0 Å². The van der Waals surface area contributed by atoms with Gasteiger partial charge in [0.15, 0.2) is 0 Å². The van der Waals surface area contributed by atoms with Gasteiger partial charge in [0.2, 0.25) is 0 Å².